The van der Waals surface area contributed by atoms with Gasteiger partial charge in [0, 0.05) is 31.2 Å². The van der Waals surface area contributed by atoms with Gasteiger partial charge in [-0.1, -0.05) is 51.0 Å². The summed E-state index contributed by atoms with van der Waals surface area (Å²) in [5.74, 6) is 0.610. The van der Waals surface area contributed by atoms with E-state index in [2.05, 4.69) is 84.6 Å². The summed E-state index contributed by atoms with van der Waals surface area (Å²) in [6, 6.07) is 14.9. The number of amides is 1. The van der Waals surface area contributed by atoms with Crippen molar-refractivity contribution in [1.82, 2.24) is 15.3 Å². The summed E-state index contributed by atoms with van der Waals surface area (Å²) in [4.78, 5) is 17.7. The maximum absolute atomic E-state index is 12.9. The van der Waals surface area contributed by atoms with Crippen LogP contribution in [0.5, 0.6) is 5.75 Å². The smallest absolute Gasteiger partial charge is 0.409 e. The maximum atomic E-state index is 12.9. The molecule has 0 bridgehead atoms. The zero-order valence-electron chi connectivity index (χ0n) is 20.3. The number of likely N-dealkylation sites (N-methyl/N-ethyl adjacent to an activating group) is 2. The van der Waals surface area contributed by atoms with Crippen molar-refractivity contribution in [2.24, 2.45) is 0 Å². The summed E-state index contributed by atoms with van der Waals surface area (Å²) in [5, 5.41) is 2.07. The molecule has 33 heavy (non-hydrogen) atoms. The first-order chi connectivity index (χ1) is 15.9. The first-order valence-electron chi connectivity index (χ1n) is 12.3. The highest BCUT2D eigenvalue weighted by atomic mass is 16.6. The molecule has 0 spiro atoms. The standard InChI is InChI=1S/C27H36N4O2/c1-5-6-11-23-21-10-8-7-9-19(21)14-16-31(23)28-26(32)33-20-12-13-24-22(18-20)27(2)15-17-29(3)25(27)30(24)4/h7-10,12-13,18,23,25H,5-6,11,14-17H2,1-4H3,(H,28,32)/t23?,25-,27+/m1/s1. The number of rotatable bonds is 5. The summed E-state index contributed by atoms with van der Waals surface area (Å²) in [6.07, 6.45) is 5.25. The van der Waals surface area contributed by atoms with Gasteiger partial charge in [-0.2, -0.15) is 0 Å². The lowest BCUT2D eigenvalue weighted by molar-refractivity contribution is 0.0964. The first-order valence-corrected chi connectivity index (χ1v) is 12.3. The third-order valence-corrected chi connectivity index (χ3v) is 7.99. The number of hydrogen-bond acceptors (Lipinski definition) is 5. The van der Waals surface area contributed by atoms with Crippen molar-refractivity contribution in [2.75, 3.05) is 32.1 Å². The molecule has 6 heteroatoms. The zero-order chi connectivity index (χ0) is 23.2. The predicted octanol–water partition coefficient (Wildman–Crippen LogP) is 4.85. The maximum Gasteiger partial charge on any atom is 0.427 e. The SMILES string of the molecule is CCCCC1c2ccccc2CCN1NC(=O)Oc1ccc2c(c1)[C@]1(C)CCN(C)[C@@H]1N2C. The molecule has 3 atom stereocenters. The number of benzene rings is 2. The fourth-order valence-electron chi connectivity index (χ4n) is 6.36. The van der Waals surface area contributed by atoms with Gasteiger partial charge in [0.1, 0.15) is 5.75 Å². The molecule has 176 valence electrons. The minimum atomic E-state index is -0.410. The van der Waals surface area contributed by atoms with Crippen molar-refractivity contribution >= 4 is 11.8 Å². The molecule has 3 aliphatic rings. The van der Waals surface area contributed by atoms with E-state index in [1.54, 1.807) is 0 Å². The van der Waals surface area contributed by atoms with Gasteiger partial charge in [-0.05, 0) is 61.2 Å². The van der Waals surface area contributed by atoms with E-state index in [0.717, 1.165) is 45.2 Å². The van der Waals surface area contributed by atoms with Crippen molar-refractivity contribution in [3.8, 4) is 5.75 Å². The van der Waals surface area contributed by atoms with Crippen LogP contribution in [0.15, 0.2) is 42.5 Å². The molecular formula is C27H36N4O2. The normalized spacial score (nSPS) is 26.6. The summed E-state index contributed by atoms with van der Waals surface area (Å²) in [6.45, 7) is 6.41. The third-order valence-electron chi connectivity index (χ3n) is 7.99. The quantitative estimate of drug-likeness (QED) is 0.709. The molecule has 1 fully saturated rings. The van der Waals surface area contributed by atoms with Gasteiger partial charge in [0.15, 0.2) is 0 Å². The second kappa shape index (κ2) is 8.65. The highest BCUT2D eigenvalue weighted by molar-refractivity contribution is 5.72. The second-order valence-electron chi connectivity index (χ2n) is 10.1. The highest BCUT2D eigenvalue weighted by Crippen LogP contribution is 2.51. The predicted molar refractivity (Wildman–Crippen MR) is 132 cm³/mol. The Hall–Kier alpha value is -2.57. The van der Waals surface area contributed by atoms with Crippen LogP contribution in [-0.2, 0) is 11.8 Å². The number of ether oxygens (including phenoxy) is 1. The lowest BCUT2D eigenvalue weighted by Crippen LogP contribution is -2.48. The van der Waals surface area contributed by atoms with Gasteiger partial charge in [-0.25, -0.2) is 9.80 Å². The van der Waals surface area contributed by atoms with Crippen molar-refractivity contribution in [2.45, 2.75) is 63.6 Å². The Morgan fingerprint density at radius 2 is 2.00 bits per heavy atom. The molecule has 1 saturated heterocycles. The van der Waals surface area contributed by atoms with Crippen LogP contribution >= 0.6 is 0 Å². The van der Waals surface area contributed by atoms with E-state index < -0.39 is 6.09 Å². The highest BCUT2D eigenvalue weighted by Gasteiger charge is 2.52. The van der Waals surface area contributed by atoms with E-state index in [-0.39, 0.29) is 11.5 Å². The van der Waals surface area contributed by atoms with E-state index in [1.807, 2.05) is 6.07 Å². The number of carbonyl (C=O) groups excluding carboxylic acids is 1. The van der Waals surface area contributed by atoms with Gasteiger partial charge in [0.25, 0.3) is 0 Å². The molecule has 1 N–H and O–H groups in total. The zero-order valence-corrected chi connectivity index (χ0v) is 20.3. The molecule has 6 nitrogen and oxygen atoms in total. The molecule has 2 aromatic rings. The molecule has 5 rings (SSSR count). The molecule has 3 heterocycles. The van der Waals surface area contributed by atoms with Crippen LogP contribution in [0.25, 0.3) is 0 Å². The van der Waals surface area contributed by atoms with Crippen LogP contribution in [0.3, 0.4) is 0 Å². The van der Waals surface area contributed by atoms with E-state index in [1.165, 1.54) is 22.4 Å². The lowest BCUT2D eigenvalue weighted by atomic mass is 9.81. The third kappa shape index (κ3) is 3.79. The fraction of sp³-hybridized carbons (Fsp3) is 0.519. The van der Waals surface area contributed by atoms with Crippen LogP contribution in [0.4, 0.5) is 10.5 Å². The topological polar surface area (TPSA) is 48.1 Å². The Balaban J connectivity index is 1.32. The molecule has 0 radical (unpaired) electrons. The van der Waals surface area contributed by atoms with E-state index in [9.17, 15) is 4.79 Å². The number of unbranched alkanes of at least 4 members (excludes halogenated alkanes) is 1. The Labute approximate surface area is 197 Å². The molecule has 1 unspecified atom stereocenters. The minimum Gasteiger partial charge on any atom is -0.409 e. The van der Waals surface area contributed by atoms with Gasteiger partial charge < -0.3 is 9.64 Å². The molecular weight excluding hydrogens is 412 g/mol. The van der Waals surface area contributed by atoms with Crippen molar-refractivity contribution < 1.29 is 9.53 Å². The average molecular weight is 449 g/mol. The summed E-state index contributed by atoms with van der Waals surface area (Å²) in [7, 11) is 4.35. The summed E-state index contributed by atoms with van der Waals surface area (Å²) in [5.41, 5.74) is 8.33. The molecule has 0 aliphatic carbocycles. The van der Waals surface area contributed by atoms with E-state index >= 15 is 0 Å². The molecule has 0 saturated carbocycles. The number of likely N-dealkylation sites (tertiary alicyclic amines) is 1. The molecule has 3 aliphatic heterocycles. The van der Waals surface area contributed by atoms with Crippen LogP contribution < -0.4 is 15.1 Å². The van der Waals surface area contributed by atoms with Crippen molar-refractivity contribution in [3.63, 3.8) is 0 Å². The van der Waals surface area contributed by atoms with Gasteiger partial charge in [-0.15, -0.1) is 0 Å². The van der Waals surface area contributed by atoms with Crippen LogP contribution in [-0.4, -0.2) is 49.4 Å². The van der Waals surface area contributed by atoms with Gasteiger partial charge in [0.05, 0.1) is 12.2 Å². The number of hydrazine groups is 1. The molecule has 0 aromatic heterocycles. The number of hydrogen-bond donors (Lipinski definition) is 1. The Bertz CT molecular complexity index is 1040. The monoisotopic (exact) mass is 448 g/mol. The van der Waals surface area contributed by atoms with E-state index in [4.69, 9.17) is 4.74 Å². The van der Waals surface area contributed by atoms with Gasteiger partial charge in [0.2, 0.25) is 0 Å². The number of fused-ring (bicyclic) bond motifs is 4. The van der Waals surface area contributed by atoms with Crippen LogP contribution in [0.2, 0.25) is 0 Å². The fourth-order valence-corrected chi connectivity index (χ4v) is 6.36. The average Bonchev–Trinajstić information content (AvgIpc) is 3.23. The molecule has 1 amide bonds. The summed E-state index contributed by atoms with van der Waals surface area (Å²) >= 11 is 0. The number of nitrogens with zero attached hydrogens (tertiary/aromatic N) is 3. The van der Waals surface area contributed by atoms with Gasteiger partial charge in [-0.3, -0.25) is 10.3 Å². The summed E-state index contributed by atoms with van der Waals surface area (Å²) < 4.78 is 5.81. The van der Waals surface area contributed by atoms with Crippen LogP contribution in [0, 0.1) is 0 Å². The van der Waals surface area contributed by atoms with Crippen LogP contribution in [0.1, 0.15) is 62.3 Å². The lowest BCUT2D eigenvalue weighted by Gasteiger charge is -2.37. The van der Waals surface area contributed by atoms with Crippen molar-refractivity contribution in [1.29, 1.82) is 0 Å². The van der Waals surface area contributed by atoms with Crippen molar-refractivity contribution in [3.05, 3.63) is 59.2 Å². The Morgan fingerprint density at radius 1 is 1.18 bits per heavy atom. The Morgan fingerprint density at radius 3 is 2.82 bits per heavy atom. The number of anilines is 1. The Kier molecular flexibility index (Phi) is 5.83. The second-order valence-corrected chi connectivity index (χ2v) is 10.1. The van der Waals surface area contributed by atoms with E-state index in [0.29, 0.717) is 11.9 Å². The number of nitrogens with one attached hydrogen (secondary N) is 1. The first kappa shape index (κ1) is 22.2. The van der Waals surface area contributed by atoms with Gasteiger partial charge >= 0.3 is 6.09 Å². The molecule has 2 aromatic carbocycles. The largest absolute Gasteiger partial charge is 0.427 e. The minimum absolute atomic E-state index is 0.0521. The number of carbonyl (C=O) groups is 1.